The summed E-state index contributed by atoms with van der Waals surface area (Å²) < 4.78 is 4.81. The van der Waals surface area contributed by atoms with Crippen LogP contribution < -0.4 is 5.32 Å². The SMILES string of the molecule is COC(=O)C1=Nc2cccc(C)c2C(=O)C1Nc1cccc(C)c1. The van der Waals surface area contributed by atoms with Crippen molar-refractivity contribution in [3.8, 4) is 0 Å². The molecule has 0 fully saturated rings. The Morgan fingerprint density at radius 3 is 2.62 bits per heavy atom. The van der Waals surface area contributed by atoms with Crippen LogP contribution in [0.2, 0.25) is 0 Å². The topological polar surface area (TPSA) is 67.8 Å². The van der Waals surface area contributed by atoms with Crippen molar-refractivity contribution < 1.29 is 14.3 Å². The number of aliphatic imine (C=N–C) groups is 1. The molecular weight excluding hydrogens is 304 g/mol. The molecule has 1 N–H and O–H groups in total. The summed E-state index contributed by atoms with van der Waals surface area (Å²) in [5, 5.41) is 3.12. The van der Waals surface area contributed by atoms with Gasteiger partial charge < -0.3 is 10.1 Å². The van der Waals surface area contributed by atoms with Gasteiger partial charge in [0.1, 0.15) is 6.04 Å². The molecule has 1 aliphatic heterocycles. The standard InChI is InChI=1S/C19H18N2O3/c1-11-6-4-8-13(10-11)20-16-17(19(23)24-3)21-14-9-5-7-12(2)15(14)18(16)22/h4-10,16,20H,1-3H3. The fraction of sp³-hybridized carbons (Fsp3) is 0.211. The number of carbonyl (C=O) groups excluding carboxylic acids is 2. The van der Waals surface area contributed by atoms with Gasteiger partial charge in [0.2, 0.25) is 0 Å². The van der Waals surface area contributed by atoms with E-state index in [2.05, 4.69) is 10.3 Å². The summed E-state index contributed by atoms with van der Waals surface area (Å²) in [6, 6.07) is 12.1. The molecule has 0 spiro atoms. The Bertz CT molecular complexity index is 855. The molecule has 5 heteroatoms. The van der Waals surface area contributed by atoms with E-state index in [1.165, 1.54) is 7.11 Å². The van der Waals surface area contributed by atoms with E-state index < -0.39 is 12.0 Å². The van der Waals surface area contributed by atoms with Crippen molar-refractivity contribution in [1.82, 2.24) is 0 Å². The van der Waals surface area contributed by atoms with Crippen LogP contribution in [0.1, 0.15) is 21.5 Å². The molecule has 2 aromatic rings. The molecule has 0 radical (unpaired) electrons. The van der Waals surface area contributed by atoms with Gasteiger partial charge in [0.15, 0.2) is 11.5 Å². The van der Waals surface area contributed by atoms with Crippen molar-refractivity contribution in [1.29, 1.82) is 0 Å². The minimum absolute atomic E-state index is 0.0714. The highest BCUT2D eigenvalue weighted by atomic mass is 16.5. The molecule has 2 aromatic carbocycles. The van der Waals surface area contributed by atoms with Crippen molar-refractivity contribution in [2.75, 3.05) is 12.4 Å². The van der Waals surface area contributed by atoms with Gasteiger partial charge in [0, 0.05) is 11.3 Å². The molecule has 0 saturated carbocycles. The molecule has 0 aliphatic carbocycles. The van der Waals surface area contributed by atoms with Gasteiger partial charge >= 0.3 is 5.97 Å². The summed E-state index contributed by atoms with van der Waals surface area (Å²) in [6.45, 7) is 3.82. The van der Waals surface area contributed by atoms with Crippen LogP contribution in [0.4, 0.5) is 11.4 Å². The van der Waals surface area contributed by atoms with Gasteiger partial charge in [0.25, 0.3) is 0 Å². The van der Waals surface area contributed by atoms with Crippen molar-refractivity contribution in [2.45, 2.75) is 19.9 Å². The van der Waals surface area contributed by atoms with Gasteiger partial charge in [-0.2, -0.15) is 0 Å². The van der Waals surface area contributed by atoms with Crippen LogP contribution in [-0.4, -0.2) is 30.6 Å². The highest BCUT2D eigenvalue weighted by molar-refractivity contribution is 6.46. The van der Waals surface area contributed by atoms with Crippen LogP contribution >= 0.6 is 0 Å². The maximum Gasteiger partial charge on any atom is 0.355 e. The summed E-state index contributed by atoms with van der Waals surface area (Å²) in [5.41, 5.74) is 3.75. The Hall–Kier alpha value is -2.95. The van der Waals surface area contributed by atoms with Crippen molar-refractivity contribution >= 4 is 28.8 Å². The first-order valence-electron chi connectivity index (χ1n) is 7.65. The molecule has 5 nitrogen and oxygen atoms in total. The normalized spacial score (nSPS) is 16.2. The Kier molecular flexibility index (Phi) is 4.16. The maximum atomic E-state index is 13.0. The van der Waals surface area contributed by atoms with E-state index in [0.717, 1.165) is 16.8 Å². The Morgan fingerprint density at radius 2 is 1.92 bits per heavy atom. The van der Waals surface area contributed by atoms with E-state index in [0.29, 0.717) is 11.3 Å². The van der Waals surface area contributed by atoms with Crippen LogP contribution in [0.25, 0.3) is 0 Å². The van der Waals surface area contributed by atoms with Crippen LogP contribution in [-0.2, 0) is 9.53 Å². The number of aryl methyl sites for hydroxylation is 2. The lowest BCUT2D eigenvalue weighted by Gasteiger charge is -2.25. The predicted octanol–water partition coefficient (Wildman–Crippen LogP) is 3.23. The number of Topliss-reactive ketones (excluding diaryl/α,β-unsaturated/α-hetero) is 1. The fourth-order valence-corrected chi connectivity index (χ4v) is 2.83. The number of hydrogen-bond acceptors (Lipinski definition) is 5. The summed E-state index contributed by atoms with van der Waals surface area (Å²) >= 11 is 0. The minimum atomic E-state index is -0.868. The molecule has 122 valence electrons. The lowest BCUT2D eigenvalue weighted by Crippen LogP contribution is -2.44. The lowest BCUT2D eigenvalue weighted by atomic mass is 9.91. The molecular formula is C19H18N2O3. The van der Waals surface area contributed by atoms with Crippen molar-refractivity contribution in [3.05, 3.63) is 59.2 Å². The van der Waals surface area contributed by atoms with Crippen LogP contribution in [0, 0.1) is 13.8 Å². The molecule has 0 bridgehead atoms. The number of rotatable bonds is 3. The summed E-state index contributed by atoms with van der Waals surface area (Å²) in [6.07, 6.45) is 0. The largest absolute Gasteiger partial charge is 0.464 e. The van der Waals surface area contributed by atoms with E-state index in [9.17, 15) is 9.59 Å². The van der Waals surface area contributed by atoms with Gasteiger partial charge in [-0.15, -0.1) is 0 Å². The number of esters is 1. The van der Waals surface area contributed by atoms with Crippen molar-refractivity contribution in [3.63, 3.8) is 0 Å². The van der Waals surface area contributed by atoms with Crippen LogP contribution in [0.3, 0.4) is 0 Å². The number of benzene rings is 2. The summed E-state index contributed by atoms with van der Waals surface area (Å²) in [5.74, 6) is -0.791. The van der Waals surface area contributed by atoms with Crippen LogP contribution in [0.15, 0.2) is 47.5 Å². The van der Waals surface area contributed by atoms with Gasteiger partial charge in [0.05, 0.1) is 12.8 Å². The zero-order valence-corrected chi connectivity index (χ0v) is 13.8. The lowest BCUT2D eigenvalue weighted by molar-refractivity contribution is -0.132. The van der Waals surface area contributed by atoms with E-state index in [4.69, 9.17) is 4.74 Å². The molecule has 3 rings (SSSR count). The number of hydrogen-bond donors (Lipinski definition) is 1. The first kappa shape index (κ1) is 15.9. The molecule has 1 unspecified atom stereocenters. The van der Waals surface area contributed by atoms with E-state index >= 15 is 0 Å². The van der Waals surface area contributed by atoms with E-state index in [1.54, 1.807) is 6.07 Å². The van der Waals surface area contributed by atoms with Gasteiger partial charge in [-0.05, 0) is 43.2 Å². The van der Waals surface area contributed by atoms with Gasteiger partial charge in [-0.25, -0.2) is 9.79 Å². The van der Waals surface area contributed by atoms with Gasteiger partial charge in [-0.1, -0.05) is 24.3 Å². The van der Waals surface area contributed by atoms with Crippen molar-refractivity contribution in [2.24, 2.45) is 4.99 Å². The van der Waals surface area contributed by atoms with Crippen LogP contribution in [0.5, 0.6) is 0 Å². The third-order valence-corrected chi connectivity index (χ3v) is 4.00. The number of ether oxygens (including phenoxy) is 1. The minimum Gasteiger partial charge on any atom is -0.464 e. The number of fused-ring (bicyclic) bond motifs is 1. The Balaban J connectivity index is 2.08. The average Bonchev–Trinajstić information content (AvgIpc) is 2.56. The zero-order chi connectivity index (χ0) is 17.3. The smallest absolute Gasteiger partial charge is 0.355 e. The fourth-order valence-electron chi connectivity index (χ4n) is 2.83. The molecule has 1 aliphatic rings. The molecule has 0 saturated heterocycles. The maximum absolute atomic E-state index is 13.0. The first-order valence-corrected chi connectivity index (χ1v) is 7.65. The number of nitrogens with one attached hydrogen (secondary N) is 1. The highest BCUT2D eigenvalue weighted by Crippen LogP contribution is 2.30. The molecule has 0 aromatic heterocycles. The molecule has 0 amide bonds. The molecule has 24 heavy (non-hydrogen) atoms. The number of nitrogens with zero attached hydrogens (tertiary/aromatic N) is 1. The summed E-state index contributed by atoms with van der Waals surface area (Å²) in [4.78, 5) is 29.5. The number of carbonyl (C=O) groups is 2. The second kappa shape index (κ2) is 6.28. The predicted molar refractivity (Wildman–Crippen MR) is 93.2 cm³/mol. The number of anilines is 1. The molecule has 1 heterocycles. The highest BCUT2D eigenvalue weighted by Gasteiger charge is 2.36. The van der Waals surface area contributed by atoms with E-state index in [-0.39, 0.29) is 11.5 Å². The summed E-state index contributed by atoms with van der Waals surface area (Å²) in [7, 11) is 1.28. The molecule has 1 atom stereocenters. The Morgan fingerprint density at radius 1 is 1.17 bits per heavy atom. The second-order valence-corrected chi connectivity index (χ2v) is 5.77. The average molecular weight is 322 g/mol. The number of methoxy groups -OCH3 is 1. The van der Waals surface area contributed by atoms with E-state index in [1.807, 2.05) is 50.2 Å². The zero-order valence-electron chi connectivity index (χ0n) is 13.8. The first-order chi connectivity index (χ1) is 11.5. The quantitative estimate of drug-likeness (QED) is 0.881. The third kappa shape index (κ3) is 2.80. The monoisotopic (exact) mass is 322 g/mol. The number of ketones is 1. The second-order valence-electron chi connectivity index (χ2n) is 5.77. The third-order valence-electron chi connectivity index (χ3n) is 4.00. The Labute approximate surface area is 140 Å². The van der Waals surface area contributed by atoms with Gasteiger partial charge in [-0.3, -0.25) is 4.79 Å².